The van der Waals surface area contributed by atoms with E-state index in [1.165, 1.54) is 0 Å². The highest BCUT2D eigenvalue weighted by Crippen LogP contribution is 2.31. The first-order valence-electron chi connectivity index (χ1n) is 8.63. The minimum atomic E-state index is -0.398. The van der Waals surface area contributed by atoms with Crippen molar-refractivity contribution >= 4 is 17.6 Å². The van der Waals surface area contributed by atoms with Crippen LogP contribution in [0.1, 0.15) is 20.7 Å². The van der Waals surface area contributed by atoms with E-state index >= 15 is 0 Å². The van der Waals surface area contributed by atoms with Gasteiger partial charge in [0.25, 0.3) is 11.8 Å². The monoisotopic (exact) mass is 367 g/mol. The Morgan fingerprint density at radius 3 is 2.29 bits per heavy atom. The second-order valence-electron chi connectivity index (χ2n) is 6.34. The van der Waals surface area contributed by atoms with Crippen LogP contribution in [-0.2, 0) is 0 Å². The third kappa shape index (κ3) is 2.49. The van der Waals surface area contributed by atoms with E-state index in [1.54, 1.807) is 36.7 Å². The zero-order chi connectivity index (χ0) is 19.1. The summed E-state index contributed by atoms with van der Waals surface area (Å²) in [5, 5.41) is 10.3. The molecule has 3 heterocycles. The molecule has 4 aromatic rings. The van der Waals surface area contributed by atoms with Crippen LogP contribution in [-0.4, -0.2) is 32.2 Å². The molecule has 1 aliphatic rings. The molecular formula is C21H13N5O2. The molecule has 28 heavy (non-hydrogen) atoms. The molecule has 0 fully saturated rings. The summed E-state index contributed by atoms with van der Waals surface area (Å²) in [6, 6.07) is 18.4. The molecule has 134 valence electrons. The maximum absolute atomic E-state index is 12.9. The second kappa shape index (κ2) is 6.24. The van der Waals surface area contributed by atoms with E-state index in [1.807, 2.05) is 36.4 Å². The van der Waals surface area contributed by atoms with Gasteiger partial charge in [0.15, 0.2) is 0 Å². The molecule has 7 heteroatoms. The van der Waals surface area contributed by atoms with E-state index in [-0.39, 0.29) is 5.91 Å². The van der Waals surface area contributed by atoms with Crippen molar-refractivity contribution in [2.45, 2.75) is 0 Å². The Bertz CT molecular complexity index is 1190. The van der Waals surface area contributed by atoms with Gasteiger partial charge in [-0.15, -0.1) is 5.10 Å². The number of pyridine rings is 1. The number of hydrogen-bond acceptors (Lipinski definition) is 5. The molecule has 0 atom stereocenters. The van der Waals surface area contributed by atoms with Gasteiger partial charge in [0.05, 0.1) is 11.1 Å². The number of nitrogens with one attached hydrogen (secondary N) is 1. The maximum atomic E-state index is 12.9. The summed E-state index contributed by atoms with van der Waals surface area (Å²) in [7, 11) is 0. The number of carbonyl (C=O) groups is 2. The predicted octanol–water partition coefficient (Wildman–Crippen LogP) is 3.33. The Morgan fingerprint density at radius 1 is 0.786 bits per heavy atom. The number of imide groups is 1. The third-order valence-corrected chi connectivity index (χ3v) is 4.68. The normalized spacial score (nSPS) is 13.1. The fourth-order valence-electron chi connectivity index (χ4n) is 3.27. The van der Waals surface area contributed by atoms with Crippen LogP contribution in [0.15, 0.2) is 73.1 Å². The van der Waals surface area contributed by atoms with Crippen molar-refractivity contribution in [1.29, 1.82) is 0 Å². The van der Waals surface area contributed by atoms with Crippen LogP contribution in [0.5, 0.6) is 0 Å². The van der Waals surface area contributed by atoms with E-state index in [0.29, 0.717) is 28.2 Å². The molecule has 7 nitrogen and oxygen atoms in total. The predicted molar refractivity (Wildman–Crippen MR) is 103 cm³/mol. The lowest BCUT2D eigenvalue weighted by atomic mass is 10.0. The number of hydrogen-bond donors (Lipinski definition) is 1. The molecule has 0 radical (unpaired) electrons. The number of aromatic nitrogens is 4. The van der Waals surface area contributed by atoms with E-state index in [4.69, 9.17) is 0 Å². The van der Waals surface area contributed by atoms with Gasteiger partial charge in [0.1, 0.15) is 11.5 Å². The van der Waals surface area contributed by atoms with Crippen LogP contribution in [0.3, 0.4) is 0 Å². The van der Waals surface area contributed by atoms with Gasteiger partial charge in [-0.1, -0.05) is 41.6 Å². The van der Waals surface area contributed by atoms with E-state index in [9.17, 15) is 9.59 Å². The third-order valence-electron chi connectivity index (χ3n) is 4.68. The molecule has 0 unspecified atom stereocenters. The number of fused-ring (bicyclic) bond motifs is 1. The number of anilines is 1. The molecule has 0 saturated carbocycles. The Hall–Kier alpha value is -4.13. The number of rotatable bonds is 3. The summed E-state index contributed by atoms with van der Waals surface area (Å²) in [5.41, 5.74) is 3.93. The molecule has 5 rings (SSSR count). The first-order valence-corrected chi connectivity index (χ1v) is 8.63. The molecule has 2 amide bonds. The SMILES string of the molecule is O=C1c2ccc(-c3c[nH]nn3)cc2C(=O)N1c1ccc(-c2ccccc2)cn1. The summed E-state index contributed by atoms with van der Waals surface area (Å²) < 4.78 is 0. The molecule has 1 aliphatic heterocycles. The van der Waals surface area contributed by atoms with Gasteiger partial charge < -0.3 is 0 Å². The summed E-state index contributed by atoms with van der Waals surface area (Å²) in [6.07, 6.45) is 3.29. The Kier molecular flexibility index (Phi) is 3.58. The van der Waals surface area contributed by atoms with Crippen molar-refractivity contribution in [3.8, 4) is 22.4 Å². The Labute approximate surface area is 159 Å². The van der Waals surface area contributed by atoms with Crippen molar-refractivity contribution in [2.24, 2.45) is 0 Å². The molecule has 0 saturated heterocycles. The van der Waals surface area contributed by atoms with Gasteiger partial charge in [-0.2, -0.15) is 0 Å². The summed E-state index contributed by atoms with van der Waals surface area (Å²) in [5.74, 6) is -0.481. The van der Waals surface area contributed by atoms with E-state index < -0.39 is 5.91 Å². The van der Waals surface area contributed by atoms with Gasteiger partial charge in [-0.05, 0) is 29.8 Å². The van der Waals surface area contributed by atoms with Gasteiger partial charge in [0.2, 0.25) is 0 Å². The van der Waals surface area contributed by atoms with Gasteiger partial charge in [0, 0.05) is 23.5 Å². The molecular weight excluding hydrogens is 354 g/mol. The highest BCUT2D eigenvalue weighted by Gasteiger charge is 2.37. The lowest BCUT2D eigenvalue weighted by Crippen LogP contribution is -2.30. The Balaban J connectivity index is 1.49. The lowest BCUT2D eigenvalue weighted by molar-refractivity contribution is 0.0925. The fraction of sp³-hybridized carbons (Fsp3) is 0. The maximum Gasteiger partial charge on any atom is 0.267 e. The average Bonchev–Trinajstić information content (AvgIpc) is 3.36. The number of benzene rings is 2. The van der Waals surface area contributed by atoms with E-state index in [0.717, 1.165) is 16.0 Å². The number of amides is 2. The van der Waals surface area contributed by atoms with Crippen molar-refractivity contribution in [3.63, 3.8) is 0 Å². The smallest absolute Gasteiger partial charge is 0.267 e. The zero-order valence-electron chi connectivity index (χ0n) is 14.5. The van der Waals surface area contributed by atoms with Crippen LogP contribution < -0.4 is 4.90 Å². The standard InChI is InChI=1S/C21H13N5O2/c27-20-16-8-6-14(18-12-23-25-24-18)10-17(16)21(28)26(20)19-9-7-15(11-22-19)13-4-2-1-3-5-13/h1-12H,(H,23,24,25). The number of aromatic amines is 1. The van der Waals surface area contributed by atoms with Gasteiger partial charge in [-0.25, -0.2) is 9.88 Å². The topological polar surface area (TPSA) is 91.8 Å². The van der Waals surface area contributed by atoms with Crippen LogP contribution in [0.4, 0.5) is 5.82 Å². The van der Waals surface area contributed by atoms with E-state index in [2.05, 4.69) is 20.4 Å². The molecule has 1 N–H and O–H groups in total. The summed E-state index contributed by atoms with van der Waals surface area (Å²) >= 11 is 0. The van der Waals surface area contributed by atoms with Crippen molar-refractivity contribution < 1.29 is 9.59 Å². The first kappa shape index (κ1) is 16.1. The van der Waals surface area contributed by atoms with Crippen LogP contribution in [0, 0.1) is 0 Å². The Morgan fingerprint density at radius 2 is 1.57 bits per heavy atom. The van der Waals surface area contributed by atoms with Crippen molar-refractivity contribution in [3.05, 3.63) is 84.2 Å². The minimum Gasteiger partial charge on any atom is -0.268 e. The number of H-pyrrole nitrogens is 1. The number of nitrogens with zero attached hydrogens (tertiary/aromatic N) is 4. The van der Waals surface area contributed by atoms with Crippen LogP contribution >= 0.6 is 0 Å². The minimum absolute atomic E-state index is 0.300. The molecule has 0 aliphatic carbocycles. The van der Waals surface area contributed by atoms with Gasteiger partial charge in [-0.3, -0.25) is 14.7 Å². The zero-order valence-corrected chi connectivity index (χ0v) is 14.5. The highest BCUT2D eigenvalue weighted by molar-refractivity contribution is 6.34. The summed E-state index contributed by atoms with van der Waals surface area (Å²) in [6.45, 7) is 0. The second-order valence-corrected chi connectivity index (χ2v) is 6.34. The molecule has 2 aromatic carbocycles. The summed E-state index contributed by atoms with van der Waals surface area (Å²) in [4.78, 5) is 31.2. The highest BCUT2D eigenvalue weighted by atomic mass is 16.2. The number of carbonyl (C=O) groups excluding carboxylic acids is 2. The first-order chi connectivity index (χ1) is 13.7. The lowest BCUT2D eigenvalue weighted by Gasteiger charge is -2.13. The van der Waals surface area contributed by atoms with Crippen molar-refractivity contribution in [1.82, 2.24) is 20.4 Å². The van der Waals surface area contributed by atoms with Crippen LogP contribution in [0.2, 0.25) is 0 Å². The molecule has 0 bridgehead atoms. The van der Waals surface area contributed by atoms with Crippen molar-refractivity contribution in [2.75, 3.05) is 4.90 Å². The average molecular weight is 367 g/mol. The fourth-order valence-corrected chi connectivity index (χ4v) is 3.27. The van der Waals surface area contributed by atoms with Gasteiger partial charge >= 0.3 is 0 Å². The molecule has 0 spiro atoms. The molecule has 2 aromatic heterocycles. The quantitative estimate of drug-likeness (QED) is 0.561. The van der Waals surface area contributed by atoms with Crippen LogP contribution in [0.25, 0.3) is 22.4 Å². The largest absolute Gasteiger partial charge is 0.268 e.